The minimum Gasteiger partial charge on any atom is -0.497 e. The number of hydrogen-bond acceptors (Lipinski definition) is 7. The van der Waals surface area contributed by atoms with Gasteiger partial charge in [-0.25, -0.2) is 13.8 Å². The number of rotatable bonds is 9. The van der Waals surface area contributed by atoms with Gasteiger partial charge in [0.1, 0.15) is 29.4 Å². The van der Waals surface area contributed by atoms with Crippen molar-refractivity contribution in [2.45, 2.75) is 12.7 Å². The van der Waals surface area contributed by atoms with Crippen LogP contribution in [0, 0.1) is 11.6 Å². The summed E-state index contributed by atoms with van der Waals surface area (Å²) in [6.45, 7) is -0.568. The molecule has 0 aliphatic carbocycles. The molecule has 164 valence electrons. The summed E-state index contributed by atoms with van der Waals surface area (Å²) in [5.74, 6) is -3.27. The molecule has 0 saturated heterocycles. The van der Waals surface area contributed by atoms with Crippen LogP contribution in [0.5, 0.6) is 11.5 Å². The zero-order valence-corrected chi connectivity index (χ0v) is 16.7. The Morgan fingerprint density at radius 2 is 1.90 bits per heavy atom. The lowest BCUT2D eigenvalue weighted by Crippen LogP contribution is -2.18. The SMILES string of the molecule is COCc1oc([C@@H](CO)Oc2ccc(F)c(C(N)=O)c2F)nc1-c1ccc(OC)cc1. The number of hydrogen-bond donors (Lipinski definition) is 2. The van der Waals surface area contributed by atoms with Crippen LogP contribution in [-0.2, 0) is 11.3 Å². The van der Waals surface area contributed by atoms with Crippen LogP contribution in [0.3, 0.4) is 0 Å². The number of ether oxygens (including phenoxy) is 3. The lowest BCUT2D eigenvalue weighted by molar-refractivity contribution is 0.0841. The highest BCUT2D eigenvalue weighted by Gasteiger charge is 2.26. The summed E-state index contributed by atoms with van der Waals surface area (Å²) in [4.78, 5) is 15.7. The number of aliphatic hydroxyl groups is 1. The summed E-state index contributed by atoms with van der Waals surface area (Å²) in [5, 5.41) is 9.77. The molecule has 0 aliphatic rings. The Morgan fingerprint density at radius 3 is 2.48 bits per heavy atom. The maximum Gasteiger partial charge on any atom is 0.254 e. The van der Waals surface area contributed by atoms with Gasteiger partial charge in [0.15, 0.2) is 23.4 Å². The summed E-state index contributed by atoms with van der Waals surface area (Å²) in [7, 11) is 3.01. The molecule has 0 radical (unpaired) electrons. The molecule has 31 heavy (non-hydrogen) atoms. The van der Waals surface area contributed by atoms with E-state index in [1.165, 1.54) is 7.11 Å². The number of primary amides is 1. The van der Waals surface area contributed by atoms with Crippen LogP contribution in [0.4, 0.5) is 8.78 Å². The Morgan fingerprint density at radius 1 is 1.19 bits per heavy atom. The van der Waals surface area contributed by atoms with Gasteiger partial charge in [-0.15, -0.1) is 0 Å². The first-order chi connectivity index (χ1) is 14.9. The first kappa shape index (κ1) is 22.2. The molecule has 0 spiro atoms. The van der Waals surface area contributed by atoms with Crippen molar-refractivity contribution in [3.8, 4) is 22.8 Å². The van der Waals surface area contributed by atoms with E-state index in [1.807, 2.05) is 0 Å². The van der Waals surface area contributed by atoms with Crippen molar-refractivity contribution < 1.29 is 37.3 Å². The fraction of sp³-hybridized carbons (Fsp3) is 0.238. The van der Waals surface area contributed by atoms with Gasteiger partial charge in [0.05, 0.1) is 13.7 Å². The van der Waals surface area contributed by atoms with Crippen LogP contribution in [0.2, 0.25) is 0 Å². The Labute approximate surface area is 176 Å². The third-order valence-corrected chi connectivity index (χ3v) is 4.37. The molecular formula is C21H20F2N2O6. The molecule has 1 heterocycles. The Balaban J connectivity index is 1.97. The van der Waals surface area contributed by atoms with Crippen molar-refractivity contribution in [2.75, 3.05) is 20.8 Å². The van der Waals surface area contributed by atoms with Crippen molar-refractivity contribution in [1.29, 1.82) is 0 Å². The van der Waals surface area contributed by atoms with Crippen LogP contribution >= 0.6 is 0 Å². The molecular weight excluding hydrogens is 414 g/mol. The van der Waals surface area contributed by atoms with E-state index in [0.29, 0.717) is 22.8 Å². The molecule has 0 bridgehead atoms. The molecule has 0 aliphatic heterocycles. The van der Waals surface area contributed by atoms with E-state index < -0.39 is 41.6 Å². The number of carbonyl (C=O) groups excluding carboxylic acids is 1. The van der Waals surface area contributed by atoms with Crippen molar-refractivity contribution in [3.63, 3.8) is 0 Å². The van der Waals surface area contributed by atoms with Crippen molar-refractivity contribution in [1.82, 2.24) is 4.98 Å². The van der Waals surface area contributed by atoms with Crippen LogP contribution < -0.4 is 15.2 Å². The summed E-state index contributed by atoms with van der Waals surface area (Å²) >= 11 is 0. The van der Waals surface area contributed by atoms with E-state index in [4.69, 9.17) is 24.4 Å². The lowest BCUT2D eigenvalue weighted by atomic mass is 10.1. The topological polar surface area (TPSA) is 117 Å². The number of nitrogens with two attached hydrogens (primary N) is 1. The molecule has 3 N–H and O–H groups in total. The van der Waals surface area contributed by atoms with Crippen LogP contribution in [-0.4, -0.2) is 36.8 Å². The highest BCUT2D eigenvalue weighted by atomic mass is 19.1. The molecule has 1 aromatic heterocycles. The minimum absolute atomic E-state index is 0.0651. The third kappa shape index (κ3) is 4.65. The minimum atomic E-state index is -1.29. The van der Waals surface area contributed by atoms with E-state index in [1.54, 1.807) is 31.4 Å². The largest absolute Gasteiger partial charge is 0.497 e. The molecule has 8 nitrogen and oxygen atoms in total. The molecule has 1 amide bonds. The summed E-state index contributed by atoms with van der Waals surface area (Å²) in [6, 6.07) is 8.80. The average Bonchev–Trinajstić information content (AvgIpc) is 3.17. The first-order valence-corrected chi connectivity index (χ1v) is 9.07. The average molecular weight is 434 g/mol. The number of halogens is 2. The number of methoxy groups -OCH3 is 2. The third-order valence-electron chi connectivity index (χ3n) is 4.37. The van der Waals surface area contributed by atoms with Crippen molar-refractivity contribution in [3.05, 3.63) is 65.2 Å². The second-order valence-corrected chi connectivity index (χ2v) is 6.37. The number of oxazole rings is 1. The molecule has 0 saturated carbocycles. The molecule has 10 heteroatoms. The van der Waals surface area contributed by atoms with Gasteiger partial charge >= 0.3 is 0 Å². The maximum atomic E-state index is 14.5. The smallest absolute Gasteiger partial charge is 0.254 e. The lowest BCUT2D eigenvalue weighted by Gasteiger charge is -2.15. The molecule has 0 unspecified atom stereocenters. The van der Waals surface area contributed by atoms with Gasteiger partial charge in [-0.1, -0.05) is 0 Å². The van der Waals surface area contributed by atoms with Gasteiger partial charge in [0.2, 0.25) is 5.89 Å². The number of amides is 1. The fourth-order valence-corrected chi connectivity index (χ4v) is 2.88. The maximum absolute atomic E-state index is 14.5. The molecule has 3 aromatic rings. The van der Waals surface area contributed by atoms with Gasteiger partial charge in [0.25, 0.3) is 5.91 Å². The monoisotopic (exact) mass is 434 g/mol. The predicted molar refractivity (Wildman–Crippen MR) is 105 cm³/mol. The molecule has 0 fully saturated rings. The van der Waals surface area contributed by atoms with E-state index >= 15 is 0 Å². The summed E-state index contributed by atoms with van der Waals surface area (Å²) in [6.07, 6.45) is -1.25. The Hall–Kier alpha value is -3.50. The number of aliphatic hydroxyl groups excluding tert-OH is 1. The van der Waals surface area contributed by atoms with Gasteiger partial charge in [0, 0.05) is 12.7 Å². The number of carbonyl (C=O) groups is 1. The van der Waals surface area contributed by atoms with Gasteiger partial charge in [-0.05, 0) is 36.4 Å². The summed E-state index contributed by atoms with van der Waals surface area (Å²) in [5.41, 5.74) is 5.19. The van der Waals surface area contributed by atoms with Gasteiger partial charge < -0.3 is 29.5 Å². The second-order valence-electron chi connectivity index (χ2n) is 6.37. The predicted octanol–water partition coefficient (Wildman–Crippen LogP) is 2.99. The quantitative estimate of drug-likeness (QED) is 0.532. The van der Waals surface area contributed by atoms with E-state index in [0.717, 1.165) is 12.1 Å². The fourth-order valence-electron chi connectivity index (χ4n) is 2.88. The molecule has 2 aromatic carbocycles. The zero-order valence-electron chi connectivity index (χ0n) is 16.7. The summed E-state index contributed by atoms with van der Waals surface area (Å²) < 4.78 is 49.6. The first-order valence-electron chi connectivity index (χ1n) is 9.07. The Kier molecular flexibility index (Phi) is 6.83. The normalized spacial score (nSPS) is 11.9. The molecule has 3 rings (SSSR count). The molecule has 1 atom stereocenters. The van der Waals surface area contributed by atoms with E-state index in [-0.39, 0.29) is 12.5 Å². The standard InChI is InChI=1S/C21H20F2N2O6/c1-28-10-16-19(11-3-5-12(29-2)6-4-11)25-21(31-16)15(9-26)30-14-8-7-13(22)17(18(14)23)20(24)27/h3-8,15,26H,9-10H2,1-2H3,(H2,24,27)/t15-/m1/s1. The van der Waals surface area contributed by atoms with Crippen LogP contribution in [0.15, 0.2) is 40.8 Å². The van der Waals surface area contributed by atoms with Crippen molar-refractivity contribution >= 4 is 5.91 Å². The van der Waals surface area contributed by atoms with E-state index in [9.17, 15) is 18.7 Å². The van der Waals surface area contributed by atoms with Crippen LogP contribution in [0.25, 0.3) is 11.3 Å². The highest BCUT2D eigenvalue weighted by Crippen LogP contribution is 2.32. The number of benzene rings is 2. The van der Waals surface area contributed by atoms with Crippen molar-refractivity contribution in [2.24, 2.45) is 5.73 Å². The second kappa shape index (κ2) is 9.54. The highest BCUT2D eigenvalue weighted by molar-refractivity contribution is 5.93. The zero-order chi connectivity index (χ0) is 22.5. The number of aromatic nitrogens is 1. The van der Waals surface area contributed by atoms with Crippen LogP contribution in [0.1, 0.15) is 28.1 Å². The number of nitrogens with zero attached hydrogens (tertiary/aromatic N) is 1. The van der Waals surface area contributed by atoms with Gasteiger partial charge in [-0.3, -0.25) is 4.79 Å². The van der Waals surface area contributed by atoms with Gasteiger partial charge in [-0.2, -0.15) is 0 Å². The Bertz CT molecular complexity index is 1070. The van der Waals surface area contributed by atoms with E-state index in [2.05, 4.69) is 4.98 Å².